The van der Waals surface area contributed by atoms with Gasteiger partial charge in [-0.05, 0) is 56.6 Å². The molecule has 3 rings (SSSR count). The van der Waals surface area contributed by atoms with Gasteiger partial charge in [0.1, 0.15) is 0 Å². The van der Waals surface area contributed by atoms with Gasteiger partial charge in [0.15, 0.2) is 0 Å². The molecule has 22 heavy (non-hydrogen) atoms. The fourth-order valence-electron chi connectivity index (χ4n) is 2.89. The van der Waals surface area contributed by atoms with Gasteiger partial charge in [0.05, 0.1) is 6.42 Å². The molecule has 1 amide bonds. The van der Waals surface area contributed by atoms with Gasteiger partial charge in [-0.2, -0.15) is 0 Å². The largest absolute Gasteiger partial charge is 0.325 e. The molecular weight excluding hydrogens is 292 g/mol. The Morgan fingerprint density at radius 2 is 1.95 bits per heavy atom. The highest BCUT2D eigenvalue weighted by molar-refractivity contribution is 7.12. The maximum Gasteiger partial charge on any atom is 0.229 e. The maximum atomic E-state index is 12.3. The van der Waals surface area contributed by atoms with Crippen molar-refractivity contribution in [2.24, 2.45) is 0 Å². The molecule has 0 aliphatic carbocycles. The van der Waals surface area contributed by atoms with E-state index in [1.807, 2.05) is 24.3 Å². The molecule has 1 aromatic heterocycles. The Labute approximate surface area is 136 Å². The van der Waals surface area contributed by atoms with Crippen LogP contribution in [-0.2, 0) is 17.8 Å². The maximum absolute atomic E-state index is 12.3. The number of carbonyl (C=O) groups excluding carboxylic acids is 1. The number of rotatable bonds is 5. The van der Waals surface area contributed by atoms with Crippen LogP contribution in [-0.4, -0.2) is 23.9 Å². The molecule has 1 aliphatic heterocycles. The number of para-hydroxylation sites is 1. The number of nitrogens with one attached hydrogen (secondary N) is 1. The molecule has 0 unspecified atom stereocenters. The van der Waals surface area contributed by atoms with E-state index in [0.717, 1.165) is 30.2 Å². The molecule has 1 saturated heterocycles. The molecule has 1 aromatic carbocycles. The lowest BCUT2D eigenvalue weighted by molar-refractivity contribution is -0.115. The lowest BCUT2D eigenvalue weighted by Gasteiger charge is -2.17. The summed E-state index contributed by atoms with van der Waals surface area (Å²) in [6.45, 7) is 5.32. The molecule has 2 aromatic rings. The van der Waals surface area contributed by atoms with Crippen molar-refractivity contribution in [3.8, 4) is 0 Å². The number of anilines is 1. The highest BCUT2D eigenvalue weighted by Crippen LogP contribution is 2.21. The normalized spacial score (nSPS) is 15.1. The van der Waals surface area contributed by atoms with E-state index in [2.05, 4.69) is 29.3 Å². The van der Waals surface area contributed by atoms with E-state index < -0.39 is 0 Å². The van der Waals surface area contributed by atoms with Crippen molar-refractivity contribution in [2.75, 3.05) is 18.4 Å². The second-order valence-electron chi connectivity index (χ2n) is 5.88. The monoisotopic (exact) mass is 314 g/mol. The molecule has 1 fully saturated rings. The highest BCUT2D eigenvalue weighted by Gasteiger charge is 2.14. The van der Waals surface area contributed by atoms with Gasteiger partial charge in [0, 0.05) is 22.0 Å². The predicted octanol–water partition coefficient (Wildman–Crippen LogP) is 3.83. The lowest BCUT2D eigenvalue weighted by Crippen LogP contribution is -2.21. The van der Waals surface area contributed by atoms with Crippen molar-refractivity contribution in [1.29, 1.82) is 0 Å². The first kappa shape index (κ1) is 15.3. The number of hydrogen-bond acceptors (Lipinski definition) is 3. The molecule has 0 radical (unpaired) electrons. The zero-order chi connectivity index (χ0) is 15.4. The Hall–Kier alpha value is -1.65. The van der Waals surface area contributed by atoms with Crippen molar-refractivity contribution in [2.45, 2.75) is 32.7 Å². The van der Waals surface area contributed by atoms with Crippen LogP contribution in [0.5, 0.6) is 0 Å². The lowest BCUT2D eigenvalue weighted by atomic mass is 10.1. The van der Waals surface area contributed by atoms with Gasteiger partial charge < -0.3 is 5.32 Å². The van der Waals surface area contributed by atoms with Crippen LogP contribution in [0.3, 0.4) is 0 Å². The van der Waals surface area contributed by atoms with Gasteiger partial charge in [-0.25, -0.2) is 0 Å². The molecule has 4 heteroatoms. The Bertz CT molecular complexity index is 644. The van der Waals surface area contributed by atoms with Crippen molar-refractivity contribution < 1.29 is 4.79 Å². The summed E-state index contributed by atoms with van der Waals surface area (Å²) in [4.78, 5) is 17.1. The van der Waals surface area contributed by atoms with Crippen LogP contribution in [0.15, 0.2) is 36.4 Å². The quantitative estimate of drug-likeness (QED) is 0.909. The highest BCUT2D eigenvalue weighted by atomic mass is 32.1. The average molecular weight is 314 g/mol. The number of likely N-dealkylation sites (tertiary alicyclic amines) is 1. The number of amides is 1. The van der Waals surface area contributed by atoms with E-state index in [0.29, 0.717) is 6.42 Å². The van der Waals surface area contributed by atoms with Crippen molar-refractivity contribution in [3.63, 3.8) is 0 Å². The van der Waals surface area contributed by atoms with Gasteiger partial charge in [-0.15, -0.1) is 11.3 Å². The van der Waals surface area contributed by atoms with Crippen molar-refractivity contribution >= 4 is 22.9 Å². The number of hydrogen-bond donors (Lipinski definition) is 1. The molecule has 0 saturated carbocycles. The third kappa shape index (κ3) is 3.96. The Morgan fingerprint density at radius 1 is 1.18 bits per heavy atom. The first-order chi connectivity index (χ1) is 10.7. The van der Waals surface area contributed by atoms with Gasteiger partial charge in [-0.1, -0.05) is 18.2 Å². The van der Waals surface area contributed by atoms with Crippen LogP contribution in [0, 0.1) is 6.92 Å². The Morgan fingerprint density at radius 3 is 2.68 bits per heavy atom. The first-order valence-electron chi connectivity index (χ1n) is 7.86. The van der Waals surface area contributed by atoms with Crippen LogP contribution in [0.25, 0.3) is 0 Å². The zero-order valence-electron chi connectivity index (χ0n) is 13.0. The van der Waals surface area contributed by atoms with E-state index in [1.165, 1.54) is 23.3 Å². The Balaban J connectivity index is 1.64. The summed E-state index contributed by atoms with van der Waals surface area (Å²) in [5.41, 5.74) is 2.16. The molecule has 0 atom stereocenters. The van der Waals surface area contributed by atoms with E-state index in [4.69, 9.17) is 0 Å². The second kappa shape index (κ2) is 7.07. The van der Waals surface area contributed by atoms with Gasteiger partial charge in [0.25, 0.3) is 0 Å². The molecule has 2 heterocycles. The second-order valence-corrected chi connectivity index (χ2v) is 7.25. The van der Waals surface area contributed by atoms with Crippen LogP contribution >= 0.6 is 11.3 Å². The fraction of sp³-hybridized carbons (Fsp3) is 0.389. The standard InChI is InChI=1S/C18H22N2OS/c1-14-8-9-16(22-14)12-18(21)19-17-7-3-2-6-15(17)13-20-10-4-5-11-20/h2-3,6-9H,4-5,10-13H2,1H3,(H,19,21). The summed E-state index contributed by atoms with van der Waals surface area (Å²) in [5, 5.41) is 3.08. The molecule has 0 bridgehead atoms. The summed E-state index contributed by atoms with van der Waals surface area (Å²) in [6, 6.07) is 12.2. The molecule has 1 N–H and O–H groups in total. The minimum absolute atomic E-state index is 0.0655. The van der Waals surface area contributed by atoms with Crippen LogP contribution in [0.4, 0.5) is 5.69 Å². The van der Waals surface area contributed by atoms with Gasteiger partial charge in [-0.3, -0.25) is 9.69 Å². The number of nitrogens with zero attached hydrogens (tertiary/aromatic N) is 1. The van der Waals surface area contributed by atoms with Crippen LogP contribution in [0.1, 0.15) is 28.2 Å². The van der Waals surface area contributed by atoms with Crippen molar-refractivity contribution in [1.82, 2.24) is 4.90 Å². The summed E-state index contributed by atoms with van der Waals surface area (Å²) in [7, 11) is 0. The number of thiophene rings is 1. The van der Waals surface area contributed by atoms with Gasteiger partial charge in [0.2, 0.25) is 5.91 Å². The smallest absolute Gasteiger partial charge is 0.229 e. The fourth-order valence-corrected chi connectivity index (χ4v) is 3.78. The van der Waals surface area contributed by atoms with Crippen molar-refractivity contribution in [3.05, 3.63) is 51.7 Å². The first-order valence-corrected chi connectivity index (χ1v) is 8.68. The molecule has 0 spiro atoms. The van der Waals surface area contributed by atoms with Gasteiger partial charge >= 0.3 is 0 Å². The topological polar surface area (TPSA) is 32.3 Å². The molecule has 3 nitrogen and oxygen atoms in total. The van der Waals surface area contributed by atoms with E-state index >= 15 is 0 Å². The molecule has 1 aliphatic rings. The van der Waals surface area contributed by atoms with Crippen LogP contribution < -0.4 is 5.32 Å². The minimum Gasteiger partial charge on any atom is -0.325 e. The summed E-state index contributed by atoms with van der Waals surface area (Å²) in [6.07, 6.45) is 3.02. The molecular formula is C18H22N2OS. The van der Waals surface area contributed by atoms with E-state index in [9.17, 15) is 4.79 Å². The van der Waals surface area contributed by atoms with E-state index in [-0.39, 0.29) is 5.91 Å². The summed E-state index contributed by atoms with van der Waals surface area (Å²) in [5.74, 6) is 0.0655. The third-order valence-electron chi connectivity index (χ3n) is 4.01. The van der Waals surface area contributed by atoms with E-state index in [1.54, 1.807) is 11.3 Å². The summed E-state index contributed by atoms with van der Waals surface area (Å²) < 4.78 is 0. The predicted molar refractivity (Wildman–Crippen MR) is 92.3 cm³/mol. The third-order valence-corrected chi connectivity index (χ3v) is 5.02. The number of benzene rings is 1. The number of aryl methyl sites for hydroxylation is 1. The minimum atomic E-state index is 0.0655. The zero-order valence-corrected chi connectivity index (χ0v) is 13.8. The Kier molecular flexibility index (Phi) is 4.90. The van der Waals surface area contributed by atoms with Crippen LogP contribution in [0.2, 0.25) is 0 Å². The number of carbonyl (C=O) groups is 1. The summed E-state index contributed by atoms with van der Waals surface area (Å²) >= 11 is 1.69. The average Bonchev–Trinajstić information content (AvgIpc) is 3.13. The SMILES string of the molecule is Cc1ccc(CC(=O)Nc2ccccc2CN2CCCC2)s1. The molecule has 116 valence electrons.